The third-order valence-corrected chi connectivity index (χ3v) is 8.74. The molecule has 9 heteroatoms. The number of aromatic nitrogens is 3. The Labute approximate surface area is 213 Å². The zero-order valence-electron chi connectivity index (χ0n) is 19.2. The van der Waals surface area contributed by atoms with E-state index in [9.17, 15) is 0 Å². The van der Waals surface area contributed by atoms with E-state index in [1.165, 1.54) is 19.3 Å². The number of ether oxygens (including phenoxy) is 1. The molecule has 2 aromatic heterocycles. The fourth-order valence-electron chi connectivity index (χ4n) is 5.63. The van der Waals surface area contributed by atoms with Crippen molar-refractivity contribution in [2.75, 3.05) is 38.2 Å². The summed E-state index contributed by atoms with van der Waals surface area (Å²) in [5.41, 5.74) is 2.71. The van der Waals surface area contributed by atoms with Crippen molar-refractivity contribution in [2.24, 2.45) is 0 Å². The van der Waals surface area contributed by atoms with Gasteiger partial charge in [-0.1, -0.05) is 17.7 Å². The number of likely N-dealkylation sites (tertiary alicyclic amines) is 1. The van der Waals surface area contributed by atoms with E-state index in [0.29, 0.717) is 35.8 Å². The second-order valence-corrected chi connectivity index (χ2v) is 10.8. The maximum Gasteiger partial charge on any atom is 0.319 e. The molecule has 3 saturated heterocycles. The van der Waals surface area contributed by atoms with E-state index in [2.05, 4.69) is 61.3 Å². The number of pyridine rings is 1. The van der Waals surface area contributed by atoms with Gasteiger partial charge in [-0.25, -0.2) is 0 Å². The van der Waals surface area contributed by atoms with Crippen LogP contribution in [0.4, 0.5) is 5.82 Å². The SMILES string of the molecule is CN1CCC[C@H]1COc1nc(N2C3CCC2CNC3)c2ccc(-c3cncc(Br)c3Cl)cc2n1. The number of piperazine rings is 1. The van der Waals surface area contributed by atoms with Crippen LogP contribution in [0.15, 0.2) is 35.1 Å². The van der Waals surface area contributed by atoms with Gasteiger partial charge in [-0.05, 0) is 72.9 Å². The summed E-state index contributed by atoms with van der Waals surface area (Å²) in [5.74, 6) is 0.985. The molecule has 178 valence electrons. The molecule has 5 heterocycles. The second-order valence-electron chi connectivity index (χ2n) is 9.58. The van der Waals surface area contributed by atoms with Crippen LogP contribution in [0, 0.1) is 0 Å². The lowest BCUT2D eigenvalue weighted by Gasteiger charge is -2.37. The Balaban J connectivity index is 1.43. The molecule has 7 nitrogen and oxygen atoms in total. The lowest BCUT2D eigenvalue weighted by Crippen LogP contribution is -2.52. The first-order chi connectivity index (χ1) is 16.6. The fourth-order valence-corrected chi connectivity index (χ4v) is 6.16. The number of nitrogens with one attached hydrogen (secondary N) is 1. The summed E-state index contributed by atoms with van der Waals surface area (Å²) < 4.78 is 7.00. The van der Waals surface area contributed by atoms with E-state index in [1.54, 1.807) is 12.4 Å². The largest absolute Gasteiger partial charge is 0.462 e. The smallest absolute Gasteiger partial charge is 0.319 e. The van der Waals surface area contributed by atoms with Crippen molar-refractivity contribution >= 4 is 44.3 Å². The Bertz CT molecular complexity index is 1210. The summed E-state index contributed by atoms with van der Waals surface area (Å²) in [6.07, 6.45) is 8.23. The highest BCUT2D eigenvalue weighted by Crippen LogP contribution is 2.39. The summed E-state index contributed by atoms with van der Waals surface area (Å²) in [4.78, 5) is 19.0. The van der Waals surface area contributed by atoms with Gasteiger partial charge in [-0.3, -0.25) is 4.98 Å². The maximum absolute atomic E-state index is 6.58. The van der Waals surface area contributed by atoms with Crippen LogP contribution in [0.5, 0.6) is 6.01 Å². The molecule has 3 aliphatic rings. The zero-order valence-corrected chi connectivity index (χ0v) is 21.5. The van der Waals surface area contributed by atoms with Crippen molar-refractivity contribution in [3.05, 3.63) is 40.1 Å². The monoisotopic (exact) mass is 542 g/mol. The molecule has 3 atom stereocenters. The molecule has 3 aromatic rings. The lowest BCUT2D eigenvalue weighted by molar-refractivity contribution is 0.188. The van der Waals surface area contributed by atoms with Crippen LogP contribution < -0.4 is 15.0 Å². The Morgan fingerprint density at radius 1 is 1.15 bits per heavy atom. The van der Waals surface area contributed by atoms with Crippen LogP contribution in [0.3, 0.4) is 0 Å². The van der Waals surface area contributed by atoms with Gasteiger partial charge in [0.25, 0.3) is 0 Å². The van der Waals surface area contributed by atoms with Crippen LogP contribution in [-0.2, 0) is 0 Å². The molecule has 3 aliphatic heterocycles. The van der Waals surface area contributed by atoms with Gasteiger partial charge in [-0.2, -0.15) is 9.97 Å². The van der Waals surface area contributed by atoms with Crippen molar-refractivity contribution in [3.8, 4) is 17.1 Å². The highest BCUT2D eigenvalue weighted by Gasteiger charge is 2.38. The molecule has 2 unspecified atom stereocenters. The third kappa shape index (κ3) is 4.04. The molecule has 1 aromatic carbocycles. The first kappa shape index (κ1) is 22.5. The molecule has 0 saturated carbocycles. The highest BCUT2D eigenvalue weighted by atomic mass is 79.9. The lowest BCUT2D eigenvalue weighted by atomic mass is 10.0. The Morgan fingerprint density at radius 3 is 2.74 bits per heavy atom. The minimum atomic E-state index is 0.413. The van der Waals surface area contributed by atoms with Gasteiger partial charge in [0.2, 0.25) is 0 Å². The summed E-state index contributed by atoms with van der Waals surface area (Å²) in [6, 6.07) is 8.06. The molecule has 0 aliphatic carbocycles. The molecule has 3 fully saturated rings. The quantitative estimate of drug-likeness (QED) is 0.507. The fraction of sp³-hybridized carbons (Fsp3) is 0.480. The Morgan fingerprint density at radius 2 is 1.97 bits per heavy atom. The van der Waals surface area contributed by atoms with Gasteiger partial charge in [0.1, 0.15) is 12.4 Å². The van der Waals surface area contributed by atoms with Crippen molar-refractivity contribution in [2.45, 2.75) is 43.8 Å². The molecule has 0 radical (unpaired) electrons. The maximum atomic E-state index is 6.58. The number of anilines is 1. The van der Waals surface area contributed by atoms with Gasteiger partial charge < -0.3 is 19.9 Å². The van der Waals surface area contributed by atoms with Crippen molar-refractivity contribution in [1.29, 1.82) is 0 Å². The number of hydrogen-bond acceptors (Lipinski definition) is 7. The van der Waals surface area contributed by atoms with Crippen LogP contribution >= 0.6 is 27.5 Å². The van der Waals surface area contributed by atoms with E-state index in [-0.39, 0.29) is 0 Å². The minimum Gasteiger partial charge on any atom is -0.462 e. The summed E-state index contributed by atoms with van der Waals surface area (Å²) in [5, 5.41) is 5.26. The van der Waals surface area contributed by atoms with Crippen LogP contribution in [0.25, 0.3) is 22.0 Å². The molecule has 2 bridgehead atoms. The van der Waals surface area contributed by atoms with Crippen molar-refractivity contribution in [1.82, 2.24) is 25.2 Å². The van der Waals surface area contributed by atoms with E-state index < -0.39 is 0 Å². The predicted octanol–water partition coefficient (Wildman–Crippen LogP) is 4.52. The van der Waals surface area contributed by atoms with E-state index >= 15 is 0 Å². The van der Waals surface area contributed by atoms with Gasteiger partial charge in [0, 0.05) is 54.6 Å². The number of halogens is 2. The predicted molar refractivity (Wildman–Crippen MR) is 139 cm³/mol. The van der Waals surface area contributed by atoms with Gasteiger partial charge >= 0.3 is 6.01 Å². The summed E-state index contributed by atoms with van der Waals surface area (Å²) in [7, 11) is 2.16. The van der Waals surface area contributed by atoms with Gasteiger partial charge in [0.15, 0.2) is 0 Å². The van der Waals surface area contributed by atoms with E-state index in [0.717, 1.165) is 58.4 Å². The van der Waals surface area contributed by atoms with Crippen LogP contribution in [0.2, 0.25) is 5.02 Å². The first-order valence-corrected chi connectivity index (χ1v) is 13.2. The average Bonchev–Trinajstić information content (AvgIpc) is 3.36. The number of nitrogens with zero attached hydrogens (tertiary/aromatic N) is 5. The number of fused-ring (bicyclic) bond motifs is 3. The molecular formula is C25H28BrClN6O. The van der Waals surface area contributed by atoms with E-state index in [1.807, 2.05) is 0 Å². The molecule has 34 heavy (non-hydrogen) atoms. The molecule has 1 N–H and O–H groups in total. The zero-order chi connectivity index (χ0) is 23.2. The highest BCUT2D eigenvalue weighted by molar-refractivity contribution is 9.10. The molecule has 0 spiro atoms. The molecular weight excluding hydrogens is 516 g/mol. The minimum absolute atomic E-state index is 0.413. The summed E-state index contributed by atoms with van der Waals surface area (Å²) in [6.45, 7) is 3.70. The first-order valence-electron chi connectivity index (χ1n) is 12.0. The molecule has 0 amide bonds. The topological polar surface area (TPSA) is 66.4 Å². The van der Waals surface area contributed by atoms with Crippen LogP contribution in [0.1, 0.15) is 25.7 Å². The molecule has 6 rings (SSSR count). The summed E-state index contributed by atoms with van der Waals surface area (Å²) >= 11 is 10.1. The third-order valence-electron chi connectivity index (χ3n) is 7.51. The Kier molecular flexibility index (Phi) is 6.09. The Hall–Kier alpha value is -2.00. The number of benzene rings is 1. The number of hydrogen-bond donors (Lipinski definition) is 1. The van der Waals surface area contributed by atoms with E-state index in [4.69, 9.17) is 26.3 Å². The number of rotatable bonds is 5. The van der Waals surface area contributed by atoms with Gasteiger partial charge in [-0.15, -0.1) is 0 Å². The average molecular weight is 544 g/mol. The normalized spacial score (nSPS) is 24.8. The second kappa shape index (κ2) is 9.22. The standard InChI is InChI=1S/C25H28BrClN6O/c1-32-8-2-3-18(32)14-34-25-30-22-9-15(20-12-29-13-21(26)23(20)27)4-7-19(22)24(31-25)33-16-5-6-17(33)11-28-10-16/h4,7,9,12-13,16-18,28H,2-3,5-6,8,10-11,14H2,1H3/t16?,17?,18-/m0/s1. The number of likely N-dealkylation sites (N-methyl/N-ethyl adjacent to an activating group) is 1. The van der Waals surface area contributed by atoms with Crippen LogP contribution in [-0.4, -0.2) is 71.3 Å². The van der Waals surface area contributed by atoms with Crippen molar-refractivity contribution in [3.63, 3.8) is 0 Å². The van der Waals surface area contributed by atoms with Gasteiger partial charge in [0.05, 0.1) is 15.0 Å². The van der Waals surface area contributed by atoms with Crippen molar-refractivity contribution < 1.29 is 4.74 Å².